The number of hydrogen-bond donors (Lipinski definition) is 0. The number of anilines is 2. The van der Waals surface area contributed by atoms with Crippen molar-refractivity contribution in [2.75, 3.05) is 4.90 Å². The Morgan fingerprint density at radius 1 is 0.574 bits per heavy atom. The Morgan fingerprint density at radius 2 is 1.24 bits per heavy atom. The first-order chi connectivity index (χ1) is 26.7. The maximum Gasteiger partial charge on any atom is 0.0566 e. The van der Waals surface area contributed by atoms with Gasteiger partial charge < -0.3 is 4.90 Å². The van der Waals surface area contributed by atoms with Gasteiger partial charge in [-0.15, -0.1) is 0 Å². The summed E-state index contributed by atoms with van der Waals surface area (Å²) in [5.41, 5.74) is 14.3. The highest BCUT2D eigenvalue weighted by molar-refractivity contribution is 6.23. The zero-order chi connectivity index (χ0) is 36.0. The van der Waals surface area contributed by atoms with Crippen LogP contribution in [0.3, 0.4) is 0 Å². The molecule has 2 aliphatic rings. The lowest BCUT2D eigenvalue weighted by atomic mass is 9.77. The minimum atomic E-state index is 0.119. The molecule has 0 bridgehead atoms. The molecule has 8 aromatic rings. The first-order valence-corrected chi connectivity index (χ1v) is 19.3. The Labute approximate surface area is 317 Å². The summed E-state index contributed by atoms with van der Waals surface area (Å²) in [4.78, 5) is 2.55. The Kier molecular flexibility index (Phi) is 8.07. The third-order valence-corrected chi connectivity index (χ3v) is 11.5. The Balaban J connectivity index is 1.28. The van der Waals surface area contributed by atoms with Crippen molar-refractivity contribution in [2.24, 2.45) is 0 Å². The molecule has 0 aliphatic heterocycles. The molecule has 2 aliphatic carbocycles. The summed E-state index contributed by atoms with van der Waals surface area (Å²) in [7, 11) is 0. The molecule has 10 rings (SSSR count). The van der Waals surface area contributed by atoms with Gasteiger partial charge in [-0.1, -0.05) is 163 Å². The van der Waals surface area contributed by atoms with Crippen molar-refractivity contribution in [3.8, 4) is 22.3 Å². The molecule has 0 saturated carbocycles. The van der Waals surface area contributed by atoms with E-state index in [0.29, 0.717) is 0 Å². The van der Waals surface area contributed by atoms with Crippen molar-refractivity contribution in [3.63, 3.8) is 0 Å². The van der Waals surface area contributed by atoms with Crippen LogP contribution in [0.1, 0.15) is 35.1 Å². The maximum absolute atomic E-state index is 2.55. The van der Waals surface area contributed by atoms with Crippen molar-refractivity contribution < 1.29 is 0 Å². The van der Waals surface area contributed by atoms with E-state index in [1.165, 1.54) is 93.8 Å². The van der Waals surface area contributed by atoms with Gasteiger partial charge in [0.25, 0.3) is 0 Å². The van der Waals surface area contributed by atoms with E-state index in [1.54, 1.807) is 0 Å². The summed E-state index contributed by atoms with van der Waals surface area (Å²) in [6, 6.07) is 58.4. The van der Waals surface area contributed by atoms with Crippen LogP contribution in [0, 0.1) is 6.92 Å². The summed E-state index contributed by atoms with van der Waals surface area (Å²) >= 11 is 0. The van der Waals surface area contributed by atoms with Crippen molar-refractivity contribution in [1.82, 2.24) is 0 Å². The molecule has 0 saturated heterocycles. The molecule has 258 valence electrons. The van der Waals surface area contributed by atoms with Crippen LogP contribution in [0.5, 0.6) is 0 Å². The van der Waals surface area contributed by atoms with Crippen LogP contribution < -0.4 is 4.90 Å². The van der Waals surface area contributed by atoms with Crippen LogP contribution >= 0.6 is 0 Å². The van der Waals surface area contributed by atoms with E-state index in [4.69, 9.17) is 0 Å². The van der Waals surface area contributed by atoms with Crippen LogP contribution in [-0.2, 0) is 6.42 Å². The smallest absolute Gasteiger partial charge is 0.0566 e. The number of allylic oxidation sites excluding steroid dienone is 4. The molecule has 0 radical (unpaired) electrons. The molecular formula is C53H41N. The molecular weight excluding hydrogens is 651 g/mol. The summed E-state index contributed by atoms with van der Waals surface area (Å²) in [6.45, 7) is 2.17. The molecule has 0 fully saturated rings. The number of aryl methyl sites for hydroxylation is 1. The second-order valence-electron chi connectivity index (χ2n) is 14.8. The van der Waals surface area contributed by atoms with E-state index in [0.717, 1.165) is 19.3 Å². The zero-order valence-electron chi connectivity index (χ0n) is 30.5. The Morgan fingerprint density at radius 3 is 1.98 bits per heavy atom. The number of fused-ring (bicyclic) bond motifs is 7. The number of rotatable bonds is 6. The van der Waals surface area contributed by atoms with Gasteiger partial charge in [-0.05, 0) is 133 Å². The molecule has 0 spiro atoms. The van der Waals surface area contributed by atoms with Gasteiger partial charge in [0.15, 0.2) is 0 Å². The molecule has 1 unspecified atom stereocenters. The van der Waals surface area contributed by atoms with Crippen molar-refractivity contribution >= 4 is 55.3 Å². The van der Waals surface area contributed by atoms with Crippen LogP contribution in [0.25, 0.3) is 66.2 Å². The second kappa shape index (κ2) is 13.5. The first-order valence-electron chi connectivity index (χ1n) is 19.3. The van der Waals surface area contributed by atoms with Gasteiger partial charge in [-0.3, -0.25) is 0 Å². The molecule has 8 aromatic carbocycles. The van der Waals surface area contributed by atoms with Gasteiger partial charge in [-0.2, -0.15) is 0 Å². The van der Waals surface area contributed by atoms with E-state index in [2.05, 4.69) is 200 Å². The van der Waals surface area contributed by atoms with Crippen LogP contribution in [-0.4, -0.2) is 6.04 Å². The molecule has 1 atom stereocenters. The molecule has 1 heteroatoms. The molecule has 0 amide bonds. The summed E-state index contributed by atoms with van der Waals surface area (Å²) in [6.07, 6.45) is 14.8. The van der Waals surface area contributed by atoms with E-state index >= 15 is 0 Å². The fraction of sp³-hybridized carbons (Fsp3) is 0.0943. The van der Waals surface area contributed by atoms with E-state index < -0.39 is 0 Å². The SMILES string of the molecule is Cc1ccc(N(c2ccc3ccccc3c2)C2C=Cc3c(c4ccccc4c4c(-c5ccccc5)cc(-c5ccccc5)c(C5=CC=CCC5)c34)C2)cc1. The minimum absolute atomic E-state index is 0.119. The van der Waals surface area contributed by atoms with E-state index in [9.17, 15) is 0 Å². The zero-order valence-corrected chi connectivity index (χ0v) is 30.5. The van der Waals surface area contributed by atoms with Crippen LogP contribution in [0.4, 0.5) is 11.4 Å². The summed E-state index contributed by atoms with van der Waals surface area (Å²) < 4.78 is 0. The second-order valence-corrected chi connectivity index (χ2v) is 14.8. The van der Waals surface area contributed by atoms with Gasteiger partial charge in [0.1, 0.15) is 0 Å². The number of hydrogen-bond acceptors (Lipinski definition) is 1. The fourth-order valence-corrected chi connectivity index (χ4v) is 8.96. The molecule has 54 heavy (non-hydrogen) atoms. The Hall–Kier alpha value is -6.44. The standard InChI is InChI=1S/C53H41N/c1-36-25-28-42(29-26-36)54(43-30-27-37-15-11-12-22-41(37)33-43)44-31-32-47-50(34-44)45-23-13-14-24-46(45)52-49(39-18-7-3-8-19-39)35-48(38-16-5-2-6-17-38)51(53(47)52)40-20-9-4-10-21-40/h2-9,11-20,22-33,35,44H,10,21,34H2,1H3. The van der Waals surface area contributed by atoms with Crippen LogP contribution in [0.2, 0.25) is 0 Å². The largest absolute Gasteiger partial charge is 0.334 e. The number of nitrogens with zero attached hydrogens (tertiary/aromatic N) is 1. The van der Waals surface area contributed by atoms with Gasteiger partial charge in [0, 0.05) is 11.4 Å². The monoisotopic (exact) mass is 691 g/mol. The van der Waals surface area contributed by atoms with Crippen molar-refractivity contribution in [1.29, 1.82) is 0 Å². The van der Waals surface area contributed by atoms with E-state index in [1.807, 2.05) is 0 Å². The lowest BCUT2D eigenvalue weighted by molar-refractivity contribution is 0.772. The quantitative estimate of drug-likeness (QED) is 0.157. The highest BCUT2D eigenvalue weighted by Crippen LogP contribution is 2.49. The predicted molar refractivity (Wildman–Crippen MR) is 232 cm³/mol. The maximum atomic E-state index is 2.55. The predicted octanol–water partition coefficient (Wildman–Crippen LogP) is 14.3. The topological polar surface area (TPSA) is 3.24 Å². The minimum Gasteiger partial charge on any atom is -0.334 e. The highest BCUT2D eigenvalue weighted by Gasteiger charge is 2.29. The third-order valence-electron chi connectivity index (χ3n) is 11.5. The Bertz CT molecular complexity index is 2790. The van der Waals surface area contributed by atoms with Gasteiger partial charge in [0.2, 0.25) is 0 Å². The normalized spacial score (nSPS) is 15.1. The third kappa shape index (κ3) is 5.56. The molecule has 0 heterocycles. The highest BCUT2D eigenvalue weighted by atomic mass is 15.2. The van der Waals surface area contributed by atoms with Crippen molar-refractivity contribution in [2.45, 2.75) is 32.2 Å². The van der Waals surface area contributed by atoms with Gasteiger partial charge in [0.05, 0.1) is 6.04 Å². The van der Waals surface area contributed by atoms with Crippen LogP contribution in [0.15, 0.2) is 182 Å². The molecule has 0 aromatic heterocycles. The number of benzene rings is 8. The lowest BCUT2D eigenvalue weighted by Crippen LogP contribution is -2.33. The fourth-order valence-electron chi connectivity index (χ4n) is 8.96. The van der Waals surface area contributed by atoms with Crippen molar-refractivity contribution in [3.05, 3.63) is 204 Å². The molecule has 1 nitrogen and oxygen atoms in total. The van der Waals surface area contributed by atoms with Gasteiger partial charge in [-0.25, -0.2) is 0 Å². The lowest BCUT2D eigenvalue weighted by Gasteiger charge is -2.36. The average Bonchev–Trinajstić information content (AvgIpc) is 3.24. The summed E-state index contributed by atoms with van der Waals surface area (Å²) in [5, 5.41) is 7.88. The summed E-state index contributed by atoms with van der Waals surface area (Å²) in [5.74, 6) is 0. The van der Waals surface area contributed by atoms with E-state index in [-0.39, 0.29) is 6.04 Å². The molecule has 0 N–H and O–H groups in total. The average molecular weight is 692 g/mol. The first kappa shape index (κ1) is 32.2. The van der Waals surface area contributed by atoms with Gasteiger partial charge >= 0.3 is 0 Å².